The fraction of sp³-hybridized carbons (Fsp3) is 0.955. The zero-order valence-electron chi connectivity index (χ0n) is 71.3. The van der Waals surface area contributed by atoms with Gasteiger partial charge in [0.05, 0.1) is 26.4 Å². The Morgan fingerprint density at radius 3 is 0.704 bits per heavy atom. The first-order valence-corrected chi connectivity index (χ1v) is 48.9. The van der Waals surface area contributed by atoms with E-state index in [1.807, 2.05) is 0 Å². The van der Waals surface area contributed by atoms with Gasteiger partial charge in [0.2, 0.25) is 0 Å². The van der Waals surface area contributed by atoms with Gasteiger partial charge in [-0.15, -0.1) is 0 Å². The summed E-state index contributed by atoms with van der Waals surface area (Å²) in [6.07, 6.45) is 70.9. The zero-order valence-corrected chi connectivity index (χ0v) is 73.1. The molecule has 17 nitrogen and oxygen atoms in total. The van der Waals surface area contributed by atoms with Gasteiger partial charge in [-0.05, 0) is 43.4 Å². The molecule has 0 aromatic carbocycles. The lowest BCUT2D eigenvalue weighted by atomic mass is 9.99. The van der Waals surface area contributed by atoms with E-state index < -0.39 is 97.5 Å². The molecule has 642 valence electrons. The molecule has 0 aliphatic carbocycles. The summed E-state index contributed by atoms with van der Waals surface area (Å²) in [5.74, 6) is 0.313. The van der Waals surface area contributed by atoms with Crippen molar-refractivity contribution in [1.29, 1.82) is 0 Å². The first-order chi connectivity index (χ1) is 52.3. The van der Waals surface area contributed by atoms with Crippen LogP contribution in [0.25, 0.3) is 0 Å². The van der Waals surface area contributed by atoms with E-state index in [4.69, 9.17) is 37.0 Å². The third-order valence-corrected chi connectivity index (χ3v) is 23.5. The van der Waals surface area contributed by atoms with E-state index in [1.54, 1.807) is 0 Å². The molecule has 3 N–H and O–H groups in total. The largest absolute Gasteiger partial charge is 0.472 e. The summed E-state index contributed by atoms with van der Waals surface area (Å²) in [5.41, 5.74) is 0. The van der Waals surface area contributed by atoms with Crippen molar-refractivity contribution in [3.63, 3.8) is 0 Å². The molecule has 0 spiro atoms. The van der Waals surface area contributed by atoms with E-state index in [1.165, 1.54) is 276 Å². The van der Waals surface area contributed by atoms with Crippen molar-refractivity contribution >= 4 is 39.5 Å². The molecule has 0 heterocycles. The molecule has 0 rings (SSSR count). The van der Waals surface area contributed by atoms with Gasteiger partial charge in [-0.3, -0.25) is 37.3 Å². The average Bonchev–Trinajstić information content (AvgIpc) is 0.896. The van der Waals surface area contributed by atoms with Gasteiger partial charge in [0.15, 0.2) is 12.2 Å². The van der Waals surface area contributed by atoms with Crippen LogP contribution in [0.4, 0.5) is 0 Å². The first kappa shape index (κ1) is 106. The van der Waals surface area contributed by atoms with E-state index in [9.17, 15) is 43.2 Å². The van der Waals surface area contributed by atoms with Gasteiger partial charge >= 0.3 is 39.5 Å². The number of carbonyl (C=O) groups is 4. The number of hydrogen-bond acceptors (Lipinski definition) is 15. The van der Waals surface area contributed by atoms with Crippen LogP contribution in [0.2, 0.25) is 0 Å². The molecule has 0 amide bonds. The molecule has 108 heavy (non-hydrogen) atoms. The lowest BCUT2D eigenvalue weighted by Crippen LogP contribution is -2.30. The average molecular weight is 1580 g/mol. The second kappa shape index (κ2) is 78.9. The smallest absolute Gasteiger partial charge is 0.462 e. The highest BCUT2D eigenvalue weighted by Crippen LogP contribution is 2.45. The molecule has 0 aliphatic rings. The van der Waals surface area contributed by atoms with Crippen LogP contribution in [0.15, 0.2) is 0 Å². The minimum atomic E-state index is -4.97. The van der Waals surface area contributed by atoms with Crippen molar-refractivity contribution in [2.75, 3.05) is 39.6 Å². The molecule has 0 radical (unpaired) electrons. The number of ether oxygens (including phenoxy) is 4. The molecular formula is C89H174O17P2. The summed E-state index contributed by atoms with van der Waals surface area (Å²) in [6.45, 7) is 12.1. The van der Waals surface area contributed by atoms with Crippen molar-refractivity contribution in [3.8, 4) is 0 Å². The van der Waals surface area contributed by atoms with Crippen LogP contribution < -0.4 is 0 Å². The summed E-state index contributed by atoms with van der Waals surface area (Å²) < 4.78 is 69.0. The second-order valence-electron chi connectivity index (χ2n) is 32.9. The van der Waals surface area contributed by atoms with Crippen LogP contribution in [0.5, 0.6) is 0 Å². The quantitative estimate of drug-likeness (QED) is 0.0222. The monoisotopic (exact) mass is 1580 g/mol. The topological polar surface area (TPSA) is 237 Å². The fourth-order valence-electron chi connectivity index (χ4n) is 13.8. The lowest BCUT2D eigenvalue weighted by molar-refractivity contribution is -0.161. The van der Waals surface area contributed by atoms with Gasteiger partial charge < -0.3 is 33.8 Å². The molecular weight excluding hydrogens is 1400 g/mol. The maximum atomic E-state index is 13.2. The van der Waals surface area contributed by atoms with Gasteiger partial charge in [0, 0.05) is 25.7 Å². The Bertz CT molecular complexity index is 2080. The first-order valence-electron chi connectivity index (χ1n) is 45.9. The highest BCUT2D eigenvalue weighted by molar-refractivity contribution is 7.47. The maximum Gasteiger partial charge on any atom is 0.472 e. The van der Waals surface area contributed by atoms with Gasteiger partial charge in [0.1, 0.15) is 19.3 Å². The number of aliphatic hydroxyl groups is 1. The van der Waals surface area contributed by atoms with E-state index >= 15 is 0 Å². The number of unbranched alkanes of at least 4 members (excludes halogenated alkanes) is 53. The van der Waals surface area contributed by atoms with Gasteiger partial charge in [-0.25, -0.2) is 9.13 Å². The van der Waals surface area contributed by atoms with Crippen LogP contribution in [0, 0.1) is 17.8 Å². The van der Waals surface area contributed by atoms with Gasteiger partial charge in [0.25, 0.3) is 0 Å². The molecule has 19 heteroatoms. The summed E-state index contributed by atoms with van der Waals surface area (Å²) in [7, 11) is -9.93. The predicted octanol–water partition coefficient (Wildman–Crippen LogP) is 27.3. The maximum absolute atomic E-state index is 13.2. The van der Waals surface area contributed by atoms with Crippen LogP contribution in [-0.4, -0.2) is 96.7 Å². The predicted molar refractivity (Wildman–Crippen MR) is 446 cm³/mol. The van der Waals surface area contributed by atoms with Crippen molar-refractivity contribution in [3.05, 3.63) is 0 Å². The van der Waals surface area contributed by atoms with E-state index in [0.717, 1.165) is 114 Å². The third kappa shape index (κ3) is 79.3. The lowest BCUT2D eigenvalue weighted by Gasteiger charge is -2.21. The number of aliphatic hydroxyl groups excluding tert-OH is 1. The SMILES string of the molecule is CCCCCCCCCCCCCCCCCCCC(=O)O[C@H](COC(=O)CCCCCCCCC(C)CC)COP(=O)(O)OC[C@H](O)COP(=O)(O)OC[C@@H](COC(=O)CCCCCCCCCCCCCCCCCCC(C)C)OC(=O)CCCCCCCCCCCCCCCCCCCCC(C)CC. The van der Waals surface area contributed by atoms with E-state index in [2.05, 4.69) is 48.5 Å². The number of esters is 4. The van der Waals surface area contributed by atoms with Crippen LogP contribution in [-0.2, 0) is 65.4 Å². The third-order valence-electron chi connectivity index (χ3n) is 21.6. The van der Waals surface area contributed by atoms with E-state index in [0.29, 0.717) is 25.7 Å². The van der Waals surface area contributed by atoms with Crippen LogP contribution in [0.1, 0.15) is 472 Å². The number of phosphoric ester groups is 2. The van der Waals surface area contributed by atoms with E-state index in [-0.39, 0.29) is 25.7 Å². The fourth-order valence-corrected chi connectivity index (χ4v) is 15.4. The number of rotatable bonds is 87. The van der Waals surface area contributed by atoms with Crippen molar-refractivity contribution in [1.82, 2.24) is 0 Å². The molecule has 0 saturated carbocycles. The Morgan fingerprint density at radius 2 is 0.472 bits per heavy atom. The highest BCUT2D eigenvalue weighted by atomic mass is 31.2. The Labute approximate surface area is 664 Å². The molecule has 0 fully saturated rings. The van der Waals surface area contributed by atoms with Crippen molar-refractivity contribution in [2.24, 2.45) is 17.8 Å². The van der Waals surface area contributed by atoms with Crippen molar-refractivity contribution < 1.29 is 80.2 Å². The Hall–Kier alpha value is -1.94. The Kier molecular flexibility index (Phi) is 77.5. The molecule has 0 aromatic heterocycles. The van der Waals surface area contributed by atoms with Gasteiger partial charge in [-0.2, -0.15) is 0 Å². The molecule has 7 atom stereocenters. The minimum Gasteiger partial charge on any atom is -0.462 e. The molecule has 0 saturated heterocycles. The molecule has 0 bridgehead atoms. The normalized spacial score (nSPS) is 14.3. The zero-order chi connectivity index (χ0) is 79.3. The number of carbonyl (C=O) groups excluding carboxylic acids is 4. The van der Waals surface area contributed by atoms with Crippen LogP contribution in [0.3, 0.4) is 0 Å². The Morgan fingerprint density at radius 1 is 0.269 bits per heavy atom. The number of phosphoric acid groups is 2. The minimum absolute atomic E-state index is 0.108. The Balaban J connectivity index is 5.23. The standard InChI is InChI=1S/C89H174O17P2/c1-8-11-12-13-14-15-16-17-18-21-29-34-39-44-49-58-66-73-89(94)106-85(77-100-87(92)71-64-57-52-51-55-62-69-82(7)10-3)79-104-108(97,98)102-75-83(90)74-101-107(95,96)103-78-84(76-99-86(91)70-63-56-48-43-38-33-28-25-24-26-31-36-41-46-53-60-67-80(4)5)105-88(93)72-65-59-50-45-40-35-30-23-20-19-22-27-32-37-42-47-54-61-68-81(6)9-2/h80-85,90H,8-79H2,1-7H3,(H,95,96)(H,97,98)/t81?,82?,83-,84-,85-/m1/s1. The second-order valence-corrected chi connectivity index (χ2v) is 35.9. The highest BCUT2D eigenvalue weighted by Gasteiger charge is 2.31. The van der Waals surface area contributed by atoms with Crippen molar-refractivity contribution in [2.45, 2.75) is 491 Å². The summed E-state index contributed by atoms with van der Waals surface area (Å²) in [6, 6.07) is 0. The molecule has 4 unspecified atom stereocenters. The molecule has 0 aliphatic heterocycles. The summed E-state index contributed by atoms with van der Waals surface area (Å²) >= 11 is 0. The number of hydrogen-bond donors (Lipinski definition) is 3. The molecule has 0 aromatic rings. The summed E-state index contributed by atoms with van der Waals surface area (Å²) in [5, 5.41) is 10.7. The van der Waals surface area contributed by atoms with Crippen LogP contribution >= 0.6 is 15.6 Å². The summed E-state index contributed by atoms with van der Waals surface area (Å²) in [4.78, 5) is 73.3. The van der Waals surface area contributed by atoms with Gasteiger partial charge in [-0.1, -0.05) is 421 Å².